The second-order valence-corrected chi connectivity index (χ2v) is 5.29. The van der Waals surface area contributed by atoms with Crippen LogP contribution in [0.25, 0.3) is 0 Å². The van der Waals surface area contributed by atoms with Crippen LogP contribution in [-0.2, 0) is 4.79 Å². The smallest absolute Gasteiger partial charge is 0.331 e. The molecule has 0 aliphatic rings. The van der Waals surface area contributed by atoms with E-state index in [0.717, 1.165) is 24.9 Å². The molecule has 0 aliphatic carbocycles. The third-order valence-electron chi connectivity index (χ3n) is 2.77. The molecule has 21 heavy (non-hydrogen) atoms. The number of rotatable bonds is 8. The molecule has 0 atom stereocenters. The van der Waals surface area contributed by atoms with Crippen LogP contribution in [0.2, 0.25) is 0 Å². The number of nitrogens with one attached hydrogen (secondary N) is 2. The second-order valence-electron chi connectivity index (χ2n) is 4.49. The van der Waals surface area contributed by atoms with E-state index in [0.29, 0.717) is 13.1 Å². The molecule has 7 heteroatoms. The molecule has 3 amide bonds. The second kappa shape index (κ2) is 10.4. The number of unbranched alkanes of at least 4 members (excludes halogenated alkanes) is 2. The number of carbonyl (C=O) groups excluding carboxylic acids is 2. The van der Waals surface area contributed by atoms with E-state index in [1.807, 2.05) is 30.3 Å². The number of thiol groups is 2. The van der Waals surface area contributed by atoms with Crippen molar-refractivity contribution in [3.8, 4) is 0 Å². The van der Waals surface area contributed by atoms with Crippen LogP contribution in [0.15, 0.2) is 30.3 Å². The van der Waals surface area contributed by atoms with Gasteiger partial charge in [0.15, 0.2) is 0 Å². The van der Waals surface area contributed by atoms with Crippen molar-refractivity contribution in [2.75, 3.05) is 24.2 Å². The van der Waals surface area contributed by atoms with Crippen LogP contribution in [0.5, 0.6) is 0 Å². The van der Waals surface area contributed by atoms with Gasteiger partial charge in [-0.1, -0.05) is 31.0 Å². The van der Waals surface area contributed by atoms with Gasteiger partial charge in [-0.15, -0.1) is 0 Å². The molecule has 2 N–H and O–H groups in total. The van der Waals surface area contributed by atoms with E-state index in [-0.39, 0.29) is 17.7 Å². The molecule has 0 spiro atoms. The highest BCUT2D eigenvalue weighted by Gasteiger charge is 2.08. The highest BCUT2D eigenvalue weighted by atomic mass is 32.1. The molecule has 0 fully saturated rings. The molecule has 0 unspecified atom stereocenters. The van der Waals surface area contributed by atoms with Gasteiger partial charge in [0.1, 0.15) is 0 Å². The number of carbonyl (C=O) groups is 2. The molecule has 116 valence electrons. The summed E-state index contributed by atoms with van der Waals surface area (Å²) in [4.78, 5) is 22.8. The van der Waals surface area contributed by atoms with Gasteiger partial charge >= 0.3 is 6.03 Å². The van der Waals surface area contributed by atoms with Crippen LogP contribution < -0.4 is 10.6 Å². The predicted molar refractivity (Wildman–Crippen MR) is 91.9 cm³/mol. The van der Waals surface area contributed by atoms with Crippen molar-refractivity contribution in [2.24, 2.45) is 0 Å². The van der Waals surface area contributed by atoms with Gasteiger partial charge in [-0.2, -0.15) is 12.6 Å². The van der Waals surface area contributed by atoms with E-state index >= 15 is 0 Å². The topological polar surface area (TPSA) is 61.4 Å². The average molecular weight is 327 g/mol. The number of hydrogen-bond donors (Lipinski definition) is 4. The quantitative estimate of drug-likeness (QED) is 0.438. The van der Waals surface area contributed by atoms with Crippen LogP contribution in [0.3, 0.4) is 0 Å². The zero-order chi connectivity index (χ0) is 15.5. The van der Waals surface area contributed by atoms with Crippen molar-refractivity contribution in [1.82, 2.24) is 9.62 Å². The zero-order valence-corrected chi connectivity index (χ0v) is 13.6. The Morgan fingerprint density at radius 3 is 2.48 bits per heavy atom. The Balaban J connectivity index is 2.11. The zero-order valence-electron chi connectivity index (χ0n) is 11.8. The van der Waals surface area contributed by atoms with Gasteiger partial charge in [-0.3, -0.25) is 9.10 Å². The highest BCUT2D eigenvalue weighted by molar-refractivity contribution is 7.81. The molecule has 0 saturated carbocycles. The number of nitrogens with zero attached hydrogens (tertiary/aromatic N) is 1. The maximum Gasteiger partial charge on any atom is 0.331 e. The van der Waals surface area contributed by atoms with Crippen LogP contribution >= 0.6 is 25.4 Å². The van der Waals surface area contributed by atoms with Crippen molar-refractivity contribution in [3.05, 3.63) is 30.3 Å². The summed E-state index contributed by atoms with van der Waals surface area (Å²) in [5, 5.41) is 5.51. The van der Waals surface area contributed by atoms with Crippen LogP contribution in [0, 0.1) is 0 Å². The first-order valence-electron chi connectivity index (χ1n) is 6.83. The normalized spacial score (nSPS) is 10.0. The minimum absolute atomic E-state index is 0.0589. The largest absolute Gasteiger partial charge is 0.355 e. The molecule has 0 aliphatic heterocycles. The molecule has 0 radical (unpaired) electrons. The number of urea groups is 1. The van der Waals surface area contributed by atoms with E-state index in [1.165, 1.54) is 4.31 Å². The first-order chi connectivity index (χ1) is 10.1. The Labute approximate surface area is 136 Å². The molecule has 0 saturated heterocycles. The molecule has 0 bridgehead atoms. The lowest BCUT2D eigenvalue weighted by molar-refractivity contribution is -0.118. The van der Waals surface area contributed by atoms with Crippen LogP contribution in [0.1, 0.15) is 19.3 Å². The Hall–Kier alpha value is -1.34. The van der Waals surface area contributed by atoms with Crippen molar-refractivity contribution < 1.29 is 9.59 Å². The Kier molecular flexibility index (Phi) is 8.77. The van der Waals surface area contributed by atoms with Gasteiger partial charge in [0, 0.05) is 18.8 Å². The summed E-state index contributed by atoms with van der Waals surface area (Å²) in [6.07, 6.45) is 2.63. The van der Waals surface area contributed by atoms with Crippen molar-refractivity contribution in [2.45, 2.75) is 19.3 Å². The third kappa shape index (κ3) is 7.87. The maximum atomic E-state index is 11.8. The summed E-state index contributed by atoms with van der Waals surface area (Å²) in [5.74, 6) is 0.153. The fourth-order valence-corrected chi connectivity index (χ4v) is 1.96. The summed E-state index contributed by atoms with van der Waals surface area (Å²) in [6.45, 7) is 1.20. The Morgan fingerprint density at radius 1 is 1.10 bits per heavy atom. The molecular formula is C14H21N3O2S2. The molecule has 1 aromatic rings. The van der Waals surface area contributed by atoms with E-state index in [1.54, 1.807) is 0 Å². The molecule has 1 aromatic carbocycles. The molecule has 1 rings (SSSR count). The molecule has 0 aromatic heterocycles. The van der Waals surface area contributed by atoms with Gasteiger partial charge in [-0.05, 0) is 31.4 Å². The van der Waals surface area contributed by atoms with Crippen molar-refractivity contribution in [3.63, 3.8) is 0 Å². The summed E-state index contributed by atoms with van der Waals surface area (Å²) < 4.78 is 1.36. The number of anilines is 1. The highest BCUT2D eigenvalue weighted by Crippen LogP contribution is 2.08. The van der Waals surface area contributed by atoms with Crippen LogP contribution in [-0.4, -0.2) is 35.1 Å². The minimum atomic E-state index is -0.243. The van der Waals surface area contributed by atoms with Crippen LogP contribution in [0.4, 0.5) is 10.5 Å². The lowest BCUT2D eigenvalue weighted by Crippen LogP contribution is -2.28. The first kappa shape index (κ1) is 17.7. The lowest BCUT2D eigenvalue weighted by atomic mass is 10.2. The third-order valence-corrected chi connectivity index (χ3v) is 3.44. The summed E-state index contributed by atoms with van der Waals surface area (Å²) in [6, 6.07) is 9.01. The fourth-order valence-electron chi connectivity index (χ4n) is 1.66. The van der Waals surface area contributed by atoms with Gasteiger partial charge in [0.25, 0.3) is 0 Å². The maximum absolute atomic E-state index is 11.8. The Morgan fingerprint density at radius 2 is 1.81 bits per heavy atom. The number of hydrogen-bond acceptors (Lipinski definition) is 4. The Bertz CT molecular complexity index is 443. The van der Waals surface area contributed by atoms with Gasteiger partial charge in [0.05, 0.1) is 5.75 Å². The minimum Gasteiger partial charge on any atom is -0.355 e. The first-order valence-corrected chi connectivity index (χ1v) is 7.86. The monoisotopic (exact) mass is 327 g/mol. The summed E-state index contributed by atoms with van der Waals surface area (Å²) in [7, 11) is 0. The standard InChI is InChI=1S/C14H21N3O2S2/c18-13(11-20)15-9-5-2-6-10-17(21)14(19)16-12-7-3-1-4-8-12/h1,3-4,7-8,20-21H,2,5-6,9-11H2,(H,15,18)(H,16,19). The van der Waals surface area contributed by atoms with Crippen molar-refractivity contribution >= 4 is 43.1 Å². The fraction of sp³-hybridized carbons (Fsp3) is 0.429. The van der Waals surface area contributed by atoms with Crippen molar-refractivity contribution in [1.29, 1.82) is 0 Å². The predicted octanol–water partition coefficient (Wildman–Crippen LogP) is 2.58. The van der Waals surface area contributed by atoms with E-state index in [2.05, 4.69) is 36.1 Å². The van der Waals surface area contributed by atoms with E-state index < -0.39 is 0 Å². The van der Waals surface area contributed by atoms with Gasteiger partial charge in [-0.25, -0.2) is 4.79 Å². The average Bonchev–Trinajstić information content (AvgIpc) is 2.51. The number of amides is 3. The summed E-state index contributed by atoms with van der Waals surface area (Å²) >= 11 is 8.05. The van der Waals surface area contributed by atoms with E-state index in [9.17, 15) is 9.59 Å². The molecule has 0 heterocycles. The molecule has 5 nitrogen and oxygen atoms in total. The summed E-state index contributed by atoms with van der Waals surface area (Å²) in [5.41, 5.74) is 0.746. The number of benzene rings is 1. The number of para-hydroxylation sites is 1. The SMILES string of the molecule is O=C(CS)NCCCCCN(S)C(=O)Nc1ccccc1. The van der Waals surface area contributed by atoms with E-state index in [4.69, 9.17) is 0 Å². The van der Waals surface area contributed by atoms with Gasteiger partial charge < -0.3 is 10.6 Å². The van der Waals surface area contributed by atoms with Gasteiger partial charge in [0.2, 0.25) is 5.91 Å². The lowest BCUT2D eigenvalue weighted by Gasteiger charge is -2.16. The molecular weight excluding hydrogens is 306 g/mol.